The second kappa shape index (κ2) is 10.5. The molecule has 1 aliphatic heterocycles. The highest BCUT2D eigenvalue weighted by Crippen LogP contribution is 2.31. The molecule has 1 amide bonds. The van der Waals surface area contributed by atoms with Gasteiger partial charge in [-0.05, 0) is 24.1 Å². The number of benzene rings is 2. The van der Waals surface area contributed by atoms with Gasteiger partial charge in [-0.15, -0.1) is 12.4 Å². The number of likely N-dealkylation sites (tertiary alicyclic amines) is 1. The molecule has 1 fully saturated rings. The zero-order valence-electron chi connectivity index (χ0n) is 16.6. The first kappa shape index (κ1) is 22.2. The van der Waals surface area contributed by atoms with Gasteiger partial charge in [0.1, 0.15) is 5.75 Å². The predicted octanol–water partition coefficient (Wildman–Crippen LogP) is 2.75. The molecule has 3 rings (SSSR count). The van der Waals surface area contributed by atoms with E-state index in [2.05, 4.69) is 29.2 Å². The molecule has 1 aliphatic rings. The Morgan fingerprint density at radius 2 is 1.82 bits per heavy atom. The van der Waals surface area contributed by atoms with Crippen molar-refractivity contribution in [2.75, 3.05) is 40.3 Å². The zero-order chi connectivity index (χ0) is 19.2. The van der Waals surface area contributed by atoms with Crippen LogP contribution >= 0.6 is 12.4 Å². The largest absolute Gasteiger partial charge is 0.496 e. The molecule has 0 unspecified atom stereocenters. The van der Waals surface area contributed by atoms with E-state index in [9.17, 15) is 4.79 Å². The molecular weight excluding hydrogens is 374 g/mol. The topological polar surface area (TPSA) is 58.8 Å². The number of methoxy groups -OCH3 is 1. The Labute approximate surface area is 173 Å². The van der Waals surface area contributed by atoms with Gasteiger partial charge >= 0.3 is 0 Å². The molecule has 5 nitrogen and oxygen atoms in total. The number of amides is 1. The van der Waals surface area contributed by atoms with E-state index in [1.54, 1.807) is 12.0 Å². The minimum atomic E-state index is 0. The molecule has 152 valence electrons. The number of para-hydroxylation sites is 1. The molecule has 0 aliphatic carbocycles. The number of ether oxygens (including phenoxy) is 1. The lowest BCUT2D eigenvalue weighted by Crippen LogP contribution is -2.37. The van der Waals surface area contributed by atoms with Crippen LogP contribution in [-0.4, -0.2) is 56.0 Å². The summed E-state index contributed by atoms with van der Waals surface area (Å²) in [5.74, 6) is 1.71. The van der Waals surface area contributed by atoms with E-state index >= 15 is 0 Å². The van der Waals surface area contributed by atoms with Crippen molar-refractivity contribution in [3.05, 3.63) is 65.7 Å². The Morgan fingerprint density at radius 3 is 2.50 bits per heavy atom. The Balaban J connectivity index is 0.00000280. The maximum atomic E-state index is 12.8. The van der Waals surface area contributed by atoms with Gasteiger partial charge in [0.05, 0.1) is 13.7 Å². The normalized spacial score (nSPS) is 19.1. The number of halogens is 1. The van der Waals surface area contributed by atoms with Crippen LogP contribution in [0.1, 0.15) is 17.0 Å². The molecule has 1 saturated heterocycles. The first-order valence-electron chi connectivity index (χ1n) is 9.45. The van der Waals surface area contributed by atoms with Crippen molar-refractivity contribution in [1.29, 1.82) is 0 Å². The fraction of sp³-hybridized carbons (Fsp3) is 0.409. The number of hydrogen-bond acceptors (Lipinski definition) is 4. The van der Waals surface area contributed by atoms with Gasteiger partial charge < -0.3 is 15.4 Å². The van der Waals surface area contributed by atoms with Crippen LogP contribution in [0.4, 0.5) is 0 Å². The highest BCUT2D eigenvalue weighted by Gasteiger charge is 2.33. The minimum absolute atomic E-state index is 0. The van der Waals surface area contributed by atoms with E-state index in [-0.39, 0.29) is 18.3 Å². The molecule has 28 heavy (non-hydrogen) atoms. The molecule has 2 atom stereocenters. The molecule has 2 N–H and O–H groups in total. The third-order valence-electron chi connectivity index (χ3n) is 5.43. The number of carbonyl (C=O) groups is 1. The van der Waals surface area contributed by atoms with Crippen molar-refractivity contribution >= 4 is 18.3 Å². The van der Waals surface area contributed by atoms with E-state index in [1.807, 2.05) is 37.4 Å². The number of carbonyl (C=O) groups excluding carboxylic acids is 1. The van der Waals surface area contributed by atoms with Gasteiger partial charge in [0.2, 0.25) is 5.91 Å². The smallest absolute Gasteiger partial charge is 0.236 e. The molecule has 0 spiro atoms. The van der Waals surface area contributed by atoms with Gasteiger partial charge in [0.25, 0.3) is 0 Å². The molecule has 2 aromatic rings. The van der Waals surface area contributed by atoms with Gasteiger partial charge in [-0.1, -0.05) is 48.5 Å². The first-order valence-corrected chi connectivity index (χ1v) is 9.45. The maximum Gasteiger partial charge on any atom is 0.236 e. The summed E-state index contributed by atoms with van der Waals surface area (Å²) in [7, 11) is 3.50. The van der Waals surface area contributed by atoms with Gasteiger partial charge in [-0.2, -0.15) is 0 Å². The summed E-state index contributed by atoms with van der Waals surface area (Å²) in [6.45, 7) is 3.34. The predicted molar refractivity (Wildman–Crippen MR) is 115 cm³/mol. The molecule has 0 bridgehead atoms. The van der Waals surface area contributed by atoms with E-state index in [1.165, 1.54) is 5.56 Å². The second-order valence-corrected chi connectivity index (χ2v) is 7.27. The maximum absolute atomic E-state index is 12.8. The third-order valence-corrected chi connectivity index (χ3v) is 5.43. The van der Waals surface area contributed by atoms with E-state index in [0.29, 0.717) is 31.5 Å². The lowest BCUT2D eigenvalue weighted by molar-refractivity contribution is -0.131. The summed E-state index contributed by atoms with van der Waals surface area (Å²) < 4.78 is 5.39. The van der Waals surface area contributed by atoms with Crippen LogP contribution in [0.25, 0.3) is 0 Å². The molecule has 0 radical (unpaired) electrons. The van der Waals surface area contributed by atoms with E-state index in [0.717, 1.165) is 24.4 Å². The average molecular weight is 404 g/mol. The fourth-order valence-corrected chi connectivity index (χ4v) is 3.90. The van der Waals surface area contributed by atoms with Crippen molar-refractivity contribution in [2.45, 2.75) is 12.5 Å². The molecule has 6 heteroatoms. The van der Waals surface area contributed by atoms with Crippen LogP contribution in [0.15, 0.2) is 54.6 Å². The second-order valence-electron chi connectivity index (χ2n) is 7.27. The summed E-state index contributed by atoms with van der Waals surface area (Å²) in [5, 5.41) is 0. The Morgan fingerprint density at radius 1 is 1.14 bits per heavy atom. The number of hydrogen-bond donors (Lipinski definition) is 1. The highest BCUT2D eigenvalue weighted by molar-refractivity contribution is 5.85. The third kappa shape index (κ3) is 5.25. The lowest BCUT2D eigenvalue weighted by atomic mass is 9.89. The SMILES string of the molecule is COc1ccccc1CN(C)C(=O)CN1C[C@@H](CN)[C@H](c2ccccc2)C1.Cl. The van der Waals surface area contributed by atoms with Crippen LogP contribution in [0, 0.1) is 5.92 Å². The summed E-state index contributed by atoms with van der Waals surface area (Å²) in [4.78, 5) is 16.8. The van der Waals surface area contributed by atoms with Crippen molar-refractivity contribution in [3.8, 4) is 5.75 Å². The number of rotatable bonds is 7. The molecule has 0 aromatic heterocycles. The quantitative estimate of drug-likeness (QED) is 0.772. The zero-order valence-corrected chi connectivity index (χ0v) is 17.4. The van der Waals surface area contributed by atoms with Crippen molar-refractivity contribution in [2.24, 2.45) is 11.7 Å². The summed E-state index contributed by atoms with van der Waals surface area (Å²) in [6.07, 6.45) is 0. The van der Waals surface area contributed by atoms with Crippen LogP contribution in [0.5, 0.6) is 5.75 Å². The van der Waals surface area contributed by atoms with Crippen molar-refractivity contribution in [3.63, 3.8) is 0 Å². The summed E-state index contributed by atoms with van der Waals surface area (Å²) in [6, 6.07) is 18.3. The number of nitrogens with two attached hydrogens (primary N) is 1. The van der Waals surface area contributed by atoms with Gasteiger partial charge in [0, 0.05) is 38.2 Å². The number of likely N-dealkylation sites (N-methyl/N-ethyl adjacent to an activating group) is 1. The first-order chi connectivity index (χ1) is 13.1. The molecule has 2 aromatic carbocycles. The molecule has 1 heterocycles. The minimum Gasteiger partial charge on any atom is -0.496 e. The van der Waals surface area contributed by atoms with Crippen molar-refractivity contribution in [1.82, 2.24) is 9.80 Å². The number of nitrogens with zero attached hydrogens (tertiary/aromatic N) is 2. The Bertz CT molecular complexity index is 756. The van der Waals surface area contributed by atoms with Gasteiger partial charge in [-0.25, -0.2) is 0 Å². The van der Waals surface area contributed by atoms with Gasteiger partial charge in [0.15, 0.2) is 0 Å². The Hall–Kier alpha value is -2.08. The van der Waals surface area contributed by atoms with E-state index in [4.69, 9.17) is 10.5 Å². The van der Waals surface area contributed by atoms with Crippen molar-refractivity contribution < 1.29 is 9.53 Å². The average Bonchev–Trinajstić information content (AvgIpc) is 3.11. The van der Waals surface area contributed by atoms with Crippen LogP contribution in [0.2, 0.25) is 0 Å². The molecule has 0 saturated carbocycles. The Kier molecular flexibility index (Phi) is 8.30. The van der Waals surface area contributed by atoms with Crippen LogP contribution in [0.3, 0.4) is 0 Å². The standard InChI is InChI=1S/C22H29N3O2.ClH/c1-24(13-18-10-6-7-11-21(18)27-2)22(26)16-25-14-19(12-23)20(15-25)17-8-4-3-5-9-17;/h3-11,19-20H,12-16,23H2,1-2H3;1H/t19-,20+;/m1./s1. The van der Waals surface area contributed by atoms with E-state index < -0.39 is 0 Å². The molecular formula is C22H30ClN3O2. The van der Waals surface area contributed by atoms with Gasteiger partial charge in [-0.3, -0.25) is 9.69 Å². The highest BCUT2D eigenvalue weighted by atomic mass is 35.5. The lowest BCUT2D eigenvalue weighted by Gasteiger charge is -2.22. The summed E-state index contributed by atoms with van der Waals surface area (Å²) >= 11 is 0. The van der Waals surface area contributed by atoms with Crippen LogP contribution < -0.4 is 10.5 Å². The monoisotopic (exact) mass is 403 g/mol. The van der Waals surface area contributed by atoms with Crippen LogP contribution in [-0.2, 0) is 11.3 Å². The summed E-state index contributed by atoms with van der Waals surface area (Å²) in [5.41, 5.74) is 8.34. The fourth-order valence-electron chi connectivity index (χ4n) is 3.90.